The Bertz CT molecular complexity index is 971. The summed E-state index contributed by atoms with van der Waals surface area (Å²) in [6.07, 6.45) is 4.73. The lowest BCUT2D eigenvalue weighted by Gasteiger charge is -2.36. The van der Waals surface area contributed by atoms with Crippen molar-refractivity contribution in [1.29, 1.82) is 0 Å². The van der Waals surface area contributed by atoms with Crippen LogP contribution in [-0.4, -0.2) is 38.3 Å². The maximum absolute atomic E-state index is 12.3. The third-order valence-electron chi connectivity index (χ3n) is 5.52. The molecule has 32 heavy (non-hydrogen) atoms. The Hall–Kier alpha value is -2.25. The van der Waals surface area contributed by atoms with E-state index in [0.29, 0.717) is 16.3 Å². The highest BCUT2D eigenvalue weighted by Crippen LogP contribution is 2.46. The summed E-state index contributed by atoms with van der Waals surface area (Å²) in [5.41, 5.74) is 2.20. The second-order valence-electron chi connectivity index (χ2n) is 8.67. The Kier molecular flexibility index (Phi) is 8.06. The van der Waals surface area contributed by atoms with Crippen LogP contribution in [0.4, 0.5) is 5.69 Å². The summed E-state index contributed by atoms with van der Waals surface area (Å²) in [6, 6.07) is 8.37. The first-order valence-electron chi connectivity index (χ1n) is 10.8. The van der Waals surface area contributed by atoms with Gasteiger partial charge in [0.15, 0.2) is 17.2 Å². The molecule has 0 bridgehead atoms. The average molecular weight is 480 g/mol. The monoisotopic (exact) mass is 479 g/mol. The minimum absolute atomic E-state index is 0.138. The third kappa shape index (κ3) is 5.95. The van der Waals surface area contributed by atoms with Gasteiger partial charge in [0.25, 0.3) is 0 Å². The Morgan fingerprint density at radius 1 is 1.31 bits per heavy atom. The van der Waals surface area contributed by atoms with Gasteiger partial charge in [-0.15, -0.1) is 11.3 Å². The van der Waals surface area contributed by atoms with Gasteiger partial charge in [0.05, 0.1) is 18.6 Å². The van der Waals surface area contributed by atoms with Gasteiger partial charge in [0.2, 0.25) is 0 Å². The molecule has 2 aromatic rings. The van der Waals surface area contributed by atoms with Gasteiger partial charge < -0.3 is 19.5 Å². The molecule has 1 saturated carbocycles. The highest BCUT2D eigenvalue weighted by molar-refractivity contribution is 7.18. The normalized spacial score (nSPS) is 17.5. The molecule has 1 fully saturated rings. The van der Waals surface area contributed by atoms with Gasteiger partial charge in [-0.2, -0.15) is 0 Å². The summed E-state index contributed by atoms with van der Waals surface area (Å²) in [7, 11) is 1.29. The first kappa shape index (κ1) is 24.4. The van der Waals surface area contributed by atoms with Gasteiger partial charge in [-0.3, -0.25) is 0 Å². The molecule has 6 nitrogen and oxygen atoms in total. The summed E-state index contributed by atoms with van der Waals surface area (Å²) in [6.45, 7) is 6.24. The van der Waals surface area contributed by atoms with Crippen molar-refractivity contribution in [3.05, 3.63) is 34.2 Å². The van der Waals surface area contributed by atoms with Crippen LogP contribution in [0.5, 0.6) is 5.75 Å². The Morgan fingerprint density at radius 2 is 2.09 bits per heavy atom. The van der Waals surface area contributed by atoms with Gasteiger partial charge in [-0.1, -0.05) is 44.0 Å². The topological polar surface area (TPSA) is 73.9 Å². The molecule has 0 aliphatic heterocycles. The molecule has 1 N–H and O–H groups in total. The fourth-order valence-corrected chi connectivity index (χ4v) is 5.56. The highest BCUT2D eigenvalue weighted by atomic mass is 35.5. The number of carbonyl (C=O) groups excluding carboxylic acids is 2. The summed E-state index contributed by atoms with van der Waals surface area (Å²) < 4.78 is 15.3. The quantitative estimate of drug-likeness (QED) is 0.456. The van der Waals surface area contributed by atoms with Crippen molar-refractivity contribution < 1.29 is 23.8 Å². The minimum atomic E-state index is -0.569. The van der Waals surface area contributed by atoms with E-state index in [9.17, 15) is 9.59 Å². The van der Waals surface area contributed by atoms with E-state index in [4.69, 9.17) is 25.8 Å². The van der Waals surface area contributed by atoms with Crippen LogP contribution < -0.4 is 10.1 Å². The van der Waals surface area contributed by atoms with Crippen LogP contribution >= 0.6 is 22.9 Å². The molecule has 8 heteroatoms. The number of hydrogen-bond acceptors (Lipinski definition) is 7. The first-order valence-corrected chi connectivity index (χ1v) is 12.0. The zero-order valence-electron chi connectivity index (χ0n) is 19.0. The molecule has 0 saturated heterocycles. The van der Waals surface area contributed by atoms with Gasteiger partial charge >= 0.3 is 11.9 Å². The Labute approximate surface area is 198 Å². The Morgan fingerprint density at radius 3 is 2.78 bits per heavy atom. The van der Waals surface area contributed by atoms with Crippen LogP contribution in [0.15, 0.2) is 24.3 Å². The number of halogens is 1. The molecule has 1 aliphatic carbocycles. The summed E-state index contributed by atoms with van der Waals surface area (Å²) >= 11 is 7.79. The minimum Gasteiger partial charge on any atom is -0.479 e. The van der Waals surface area contributed by atoms with E-state index in [1.54, 1.807) is 6.92 Å². The Balaban J connectivity index is 1.86. The fraction of sp³-hybridized carbons (Fsp3) is 0.500. The largest absolute Gasteiger partial charge is 0.479 e. The molecule has 0 spiro atoms. The number of carbonyl (C=O) groups is 2. The fourth-order valence-electron chi connectivity index (χ4n) is 4.08. The van der Waals surface area contributed by atoms with E-state index in [1.165, 1.54) is 31.3 Å². The van der Waals surface area contributed by atoms with Crippen LogP contribution in [0.25, 0.3) is 10.4 Å². The number of esters is 2. The maximum Gasteiger partial charge on any atom is 0.351 e. The zero-order valence-corrected chi connectivity index (χ0v) is 20.5. The lowest BCUT2D eigenvalue weighted by molar-refractivity contribution is -0.145. The lowest BCUT2D eigenvalue weighted by Crippen LogP contribution is -2.31. The molecule has 1 aromatic heterocycles. The van der Waals surface area contributed by atoms with E-state index < -0.39 is 11.9 Å². The van der Waals surface area contributed by atoms with Crippen molar-refractivity contribution in [2.24, 2.45) is 5.41 Å². The average Bonchev–Trinajstić information content (AvgIpc) is 3.07. The molecule has 1 heterocycles. The first-order chi connectivity index (χ1) is 15.2. The molecule has 1 aliphatic rings. The van der Waals surface area contributed by atoms with Crippen LogP contribution in [-0.2, 0) is 14.3 Å². The predicted molar refractivity (Wildman–Crippen MR) is 128 cm³/mol. The van der Waals surface area contributed by atoms with E-state index >= 15 is 0 Å². The van der Waals surface area contributed by atoms with Crippen molar-refractivity contribution in [2.75, 3.05) is 25.6 Å². The van der Waals surface area contributed by atoms with Crippen LogP contribution in [0.1, 0.15) is 56.1 Å². The molecule has 0 amide bonds. The van der Waals surface area contributed by atoms with E-state index in [1.807, 2.05) is 24.3 Å². The number of thiophene rings is 1. The van der Waals surface area contributed by atoms with Gasteiger partial charge in [-0.05, 0) is 49.3 Å². The molecular weight excluding hydrogens is 450 g/mol. The number of benzene rings is 1. The van der Waals surface area contributed by atoms with E-state index in [2.05, 4.69) is 19.2 Å². The van der Waals surface area contributed by atoms with Gasteiger partial charge in [0.1, 0.15) is 5.02 Å². The van der Waals surface area contributed by atoms with Crippen molar-refractivity contribution in [1.82, 2.24) is 0 Å². The molecule has 3 rings (SSSR count). The molecule has 174 valence electrons. The number of nitrogens with one attached hydrogen (secondary N) is 1. The van der Waals surface area contributed by atoms with Crippen molar-refractivity contribution in [3.63, 3.8) is 0 Å². The zero-order chi connectivity index (χ0) is 23.3. The summed E-state index contributed by atoms with van der Waals surface area (Å²) in [4.78, 5) is 24.9. The number of ether oxygens (including phenoxy) is 3. The highest BCUT2D eigenvalue weighted by Gasteiger charge is 2.28. The predicted octanol–water partition coefficient (Wildman–Crippen LogP) is 6.18. The van der Waals surface area contributed by atoms with Crippen molar-refractivity contribution in [2.45, 2.75) is 52.5 Å². The van der Waals surface area contributed by atoms with Crippen LogP contribution in [0.3, 0.4) is 0 Å². The van der Waals surface area contributed by atoms with Gasteiger partial charge in [0, 0.05) is 11.7 Å². The second kappa shape index (κ2) is 10.6. The van der Waals surface area contributed by atoms with Crippen molar-refractivity contribution >= 4 is 40.6 Å². The number of anilines is 1. The number of rotatable bonds is 8. The third-order valence-corrected chi connectivity index (χ3v) is 7.19. The van der Waals surface area contributed by atoms with Crippen LogP contribution in [0, 0.1) is 5.41 Å². The molecule has 1 atom stereocenters. The smallest absolute Gasteiger partial charge is 0.351 e. The summed E-state index contributed by atoms with van der Waals surface area (Å²) in [5, 5.41) is 3.93. The molecule has 1 unspecified atom stereocenters. The molecule has 0 radical (unpaired) electrons. The van der Waals surface area contributed by atoms with Crippen LogP contribution in [0.2, 0.25) is 5.02 Å². The molecule has 1 aromatic carbocycles. The number of hydrogen-bond donors (Lipinski definition) is 1. The second-order valence-corrected chi connectivity index (χ2v) is 10.1. The lowest BCUT2D eigenvalue weighted by atomic mass is 9.75. The van der Waals surface area contributed by atoms with Gasteiger partial charge in [-0.25, -0.2) is 9.59 Å². The number of methoxy groups -OCH3 is 1. The van der Waals surface area contributed by atoms with Crippen molar-refractivity contribution in [3.8, 4) is 16.2 Å². The van der Waals surface area contributed by atoms with E-state index in [-0.39, 0.29) is 28.9 Å². The summed E-state index contributed by atoms with van der Waals surface area (Å²) in [5.74, 6) is -0.964. The SMILES string of the molecule is CCOC(=O)COc1c(C(=O)OC)sc(-c2cccc(NC3CCCC(C)(C)C3)c2)c1Cl. The standard InChI is InChI=1S/C24H30ClNO5S/c1-5-30-18(27)14-31-20-19(25)21(32-22(20)23(28)29-4)15-8-6-9-16(12-15)26-17-10-7-11-24(2,3)13-17/h6,8-9,12,17,26H,5,7,10-11,13-14H2,1-4H3. The van der Waals surface area contributed by atoms with E-state index in [0.717, 1.165) is 24.1 Å². The molecular formula is C24H30ClNO5S. The maximum atomic E-state index is 12.3.